The van der Waals surface area contributed by atoms with Gasteiger partial charge in [-0.3, -0.25) is 9.59 Å². The lowest BCUT2D eigenvalue weighted by Crippen LogP contribution is -2.42. The highest BCUT2D eigenvalue weighted by Crippen LogP contribution is 2.20. The molecule has 0 fully saturated rings. The minimum absolute atomic E-state index is 0.0885. The van der Waals surface area contributed by atoms with Crippen LogP contribution in [0.25, 0.3) is 0 Å². The van der Waals surface area contributed by atoms with Crippen molar-refractivity contribution in [1.82, 2.24) is 4.72 Å². The number of hydrogen-bond donors (Lipinski definition) is 3. The summed E-state index contributed by atoms with van der Waals surface area (Å²) >= 11 is 5.69. The fourth-order valence-corrected chi connectivity index (χ4v) is 2.98. The SMILES string of the molecule is O=C(O)C[C@@H](NS(=O)(=O)c1ccccc1Cl)C(=O)O. The number of benzene rings is 1. The fourth-order valence-electron chi connectivity index (χ4n) is 1.27. The number of halogens is 1. The molecule has 0 heterocycles. The van der Waals surface area contributed by atoms with Crippen LogP contribution in [0.5, 0.6) is 0 Å². The first-order chi connectivity index (χ1) is 8.74. The van der Waals surface area contributed by atoms with Gasteiger partial charge in [-0.2, -0.15) is 4.72 Å². The van der Waals surface area contributed by atoms with Crippen LogP contribution in [0.4, 0.5) is 0 Å². The second-order valence-electron chi connectivity index (χ2n) is 3.54. The van der Waals surface area contributed by atoms with Gasteiger partial charge in [0, 0.05) is 0 Å². The van der Waals surface area contributed by atoms with E-state index in [0.717, 1.165) is 0 Å². The van der Waals surface area contributed by atoms with Gasteiger partial charge in [-0.05, 0) is 12.1 Å². The highest BCUT2D eigenvalue weighted by Gasteiger charge is 2.28. The molecule has 1 aromatic carbocycles. The molecule has 0 aliphatic rings. The van der Waals surface area contributed by atoms with Gasteiger partial charge in [-0.1, -0.05) is 23.7 Å². The van der Waals surface area contributed by atoms with Crippen molar-refractivity contribution in [3.8, 4) is 0 Å². The number of sulfonamides is 1. The zero-order chi connectivity index (χ0) is 14.6. The van der Waals surface area contributed by atoms with Crippen LogP contribution >= 0.6 is 11.6 Å². The molecule has 7 nitrogen and oxygen atoms in total. The van der Waals surface area contributed by atoms with E-state index in [0.29, 0.717) is 0 Å². The third-order valence-electron chi connectivity index (χ3n) is 2.10. The minimum Gasteiger partial charge on any atom is -0.481 e. The van der Waals surface area contributed by atoms with Crippen molar-refractivity contribution in [1.29, 1.82) is 0 Å². The molecule has 0 amide bonds. The van der Waals surface area contributed by atoms with Crippen molar-refractivity contribution in [3.63, 3.8) is 0 Å². The van der Waals surface area contributed by atoms with Gasteiger partial charge in [-0.15, -0.1) is 0 Å². The molecule has 0 aliphatic heterocycles. The number of aliphatic carboxylic acids is 2. The van der Waals surface area contributed by atoms with E-state index < -0.39 is 34.4 Å². The highest BCUT2D eigenvalue weighted by atomic mass is 35.5. The minimum atomic E-state index is -4.21. The molecule has 3 N–H and O–H groups in total. The van der Waals surface area contributed by atoms with Crippen LogP contribution in [0.1, 0.15) is 6.42 Å². The lowest BCUT2D eigenvalue weighted by atomic mass is 10.2. The first-order valence-electron chi connectivity index (χ1n) is 4.95. The molecule has 0 spiro atoms. The Kier molecular flexibility index (Phi) is 4.87. The third-order valence-corrected chi connectivity index (χ3v) is 4.07. The Morgan fingerprint density at radius 3 is 2.32 bits per heavy atom. The lowest BCUT2D eigenvalue weighted by molar-refractivity contribution is -0.145. The summed E-state index contributed by atoms with van der Waals surface area (Å²) in [7, 11) is -4.21. The first-order valence-corrected chi connectivity index (χ1v) is 6.81. The van der Waals surface area contributed by atoms with E-state index in [1.165, 1.54) is 24.3 Å². The molecule has 0 saturated heterocycles. The number of carboxylic acid groups (broad SMARTS) is 2. The molecule has 19 heavy (non-hydrogen) atoms. The maximum atomic E-state index is 11.9. The molecule has 1 atom stereocenters. The molecule has 9 heteroatoms. The van der Waals surface area contributed by atoms with E-state index >= 15 is 0 Å². The number of carbonyl (C=O) groups is 2. The quantitative estimate of drug-likeness (QED) is 0.705. The third kappa shape index (κ3) is 4.19. The monoisotopic (exact) mass is 307 g/mol. The Bertz CT molecular complexity index is 600. The van der Waals surface area contributed by atoms with Gasteiger partial charge in [0.2, 0.25) is 10.0 Å². The number of nitrogens with one attached hydrogen (secondary N) is 1. The first kappa shape index (κ1) is 15.4. The Balaban J connectivity index is 3.04. The zero-order valence-electron chi connectivity index (χ0n) is 9.41. The van der Waals surface area contributed by atoms with E-state index in [9.17, 15) is 18.0 Å². The van der Waals surface area contributed by atoms with Crippen LogP contribution in [0, 0.1) is 0 Å². The van der Waals surface area contributed by atoms with Crippen LogP contribution in [-0.2, 0) is 19.6 Å². The molecular weight excluding hydrogens is 298 g/mol. The number of carboxylic acids is 2. The van der Waals surface area contributed by atoms with Crippen LogP contribution in [0.2, 0.25) is 5.02 Å². The van der Waals surface area contributed by atoms with Gasteiger partial charge in [-0.25, -0.2) is 8.42 Å². The molecule has 0 aliphatic carbocycles. The summed E-state index contributed by atoms with van der Waals surface area (Å²) in [6, 6.07) is 3.66. The van der Waals surface area contributed by atoms with Crippen molar-refractivity contribution in [3.05, 3.63) is 29.3 Å². The Hall–Kier alpha value is -1.64. The molecular formula is C10H10ClNO6S. The van der Waals surface area contributed by atoms with E-state index in [1.807, 2.05) is 0 Å². The second kappa shape index (κ2) is 6.00. The van der Waals surface area contributed by atoms with E-state index in [1.54, 1.807) is 4.72 Å². The summed E-state index contributed by atoms with van der Waals surface area (Å²) < 4.78 is 25.6. The maximum Gasteiger partial charge on any atom is 0.322 e. The normalized spacial score (nSPS) is 12.9. The van der Waals surface area contributed by atoms with Crippen molar-refractivity contribution < 1.29 is 28.2 Å². The summed E-state index contributed by atoms with van der Waals surface area (Å²) in [6.45, 7) is 0. The van der Waals surface area contributed by atoms with Crippen LogP contribution in [-0.4, -0.2) is 36.6 Å². The predicted molar refractivity (Wildman–Crippen MR) is 65.5 cm³/mol. The summed E-state index contributed by atoms with van der Waals surface area (Å²) in [6.07, 6.45) is -0.876. The Morgan fingerprint density at radius 1 is 1.26 bits per heavy atom. The molecule has 0 aromatic heterocycles. The topological polar surface area (TPSA) is 121 Å². The average molecular weight is 308 g/mol. The van der Waals surface area contributed by atoms with E-state index in [2.05, 4.69) is 0 Å². The standard InChI is InChI=1S/C10H10ClNO6S/c11-6-3-1-2-4-8(6)19(17,18)12-7(10(15)16)5-9(13)14/h1-4,7,12H,5H2,(H,13,14)(H,15,16)/t7-/m1/s1. The highest BCUT2D eigenvalue weighted by molar-refractivity contribution is 7.89. The van der Waals surface area contributed by atoms with Crippen molar-refractivity contribution in [2.24, 2.45) is 0 Å². The molecule has 1 aromatic rings. The van der Waals surface area contributed by atoms with Gasteiger partial charge in [0.25, 0.3) is 0 Å². The summed E-state index contributed by atoms with van der Waals surface area (Å²) in [5.74, 6) is -3.02. The molecule has 104 valence electrons. The van der Waals surface area contributed by atoms with Gasteiger partial charge in [0.05, 0.1) is 11.4 Å². The largest absolute Gasteiger partial charge is 0.481 e. The Labute approximate surface area is 113 Å². The maximum absolute atomic E-state index is 11.9. The average Bonchev–Trinajstić information content (AvgIpc) is 2.27. The summed E-state index contributed by atoms with van der Waals surface area (Å²) in [5.41, 5.74) is 0. The second-order valence-corrected chi connectivity index (χ2v) is 5.63. The molecule has 0 bridgehead atoms. The van der Waals surface area contributed by atoms with Crippen molar-refractivity contribution in [2.75, 3.05) is 0 Å². The smallest absolute Gasteiger partial charge is 0.322 e. The van der Waals surface area contributed by atoms with E-state index in [-0.39, 0.29) is 9.92 Å². The molecule has 1 rings (SSSR count). The number of rotatable bonds is 6. The van der Waals surface area contributed by atoms with Gasteiger partial charge >= 0.3 is 11.9 Å². The zero-order valence-corrected chi connectivity index (χ0v) is 11.0. The van der Waals surface area contributed by atoms with Crippen LogP contribution in [0.15, 0.2) is 29.2 Å². The lowest BCUT2D eigenvalue weighted by Gasteiger charge is -2.13. The van der Waals surface area contributed by atoms with Gasteiger partial charge < -0.3 is 10.2 Å². The van der Waals surface area contributed by atoms with E-state index in [4.69, 9.17) is 21.8 Å². The Morgan fingerprint density at radius 2 is 1.84 bits per heavy atom. The molecule has 0 saturated carbocycles. The van der Waals surface area contributed by atoms with Gasteiger partial charge in [0.15, 0.2) is 0 Å². The summed E-state index contributed by atoms with van der Waals surface area (Å²) in [4.78, 5) is 21.0. The van der Waals surface area contributed by atoms with Crippen molar-refractivity contribution >= 4 is 33.6 Å². The van der Waals surface area contributed by atoms with Crippen LogP contribution in [0.3, 0.4) is 0 Å². The summed E-state index contributed by atoms with van der Waals surface area (Å²) in [5, 5.41) is 17.2. The predicted octanol–water partition coefficient (Wildman–Crippen LogP) is 0.546. The fraction of sp³-hybridized carbons (Fsp3) is 0.200. The van der Waals surface area contributed by atoms with Gasteiger partial charge in [0.1, 0.15) is 10.9 Å². The van der Waals surface area contributed by atoms with Crippen molar-refractivity contribution in [2.45, 2.75) is 17.4 Å². The number of hydrogen-bond acceptors (Lipinski definition) is 4. The van der Waals surface area contributed by atoms with Crippen LogP contribution < -0.4 is 4.72 Å². The molecule has 0 unspecified atom stereocenters. The molecule has 0 radical (unpaired) electrons.